The van der Waals surface area contributed by atoms with Gasteiger partial charge >= 0.3 is 0 Å². The van der Waals surface area contributed by atoms with E-state index in [1.54, 1.807) is 11.8 Å². The van der Waals surface area contributed by atoms with Crippen molar-refractivity contribution < 1.29 is 4.74 Å². The molecule has 96 valence electrons. The molecule has 6 heteroatoms. The molecule has 0 saturated heterocycles. The third kappa shape index (κ3) is 3.43. The topological polar surface area (TPSA) is 66.0 Å². The van der Waals surface area contributed by atoms with Gasteiger partial charge < -0.3 is 15.0 Å². The summed E-state index contributed by atoms with van der Waals surface area (Å²) < 4.78 is 7.70. The molecule has 0 radical (unpaired) electrons. The zero-order chi connectivity index (χ0) is 12.3. The van der Waals surface area contributed by atoms with Crippen LogP contribution in [0.25, 0.3) is 0 Å². The van der Waals surface area contributed by atoms with Crippen molar-refractivity contribution in [2.45, 2.75) is 50.5 Å². The molecule has 0 spiro atoms. The number of nitrogens with zero attached hydrogens (tertiary/aromatic N) is 3. The minimum absolute atomic E-state index is 0.288. The van der Waals surface area contributed by atoms with Crippen LogP contribution in [0.5, 0.6) is 0 Å². The molecule has 0 amide bonds. The lowest BCUT2D eigenvalue weighted by Crippen LogP contribution is -2.09. The lowest BCUT2D eigenvalue weighted by molar-refractivity contribution is 0.0920. The molecule has 1 fully saturated rings. The van der Waals surface area contributed by atoms with Gasteiger partial charge in [-0.25, -0.2) is 0 Å². The molecule has 1 aliphatic carbocycles. The standard InChI is InChI=1S/C11H20N4OS/c1-8(2)16-5-6-17-11-14-13-10(7-12)15(11)9-3-4-9/h8-9H,3-7,12H2,1-2H3. The Labute approximate surface area is 106 Å². The summed E-state index contributed by atoms with van der Waals surface area (Å²) in [5.41, 5.74) is 5.67. The van der Waals surface area contributed by atoms with E-state index in [1.165, 1.54) is 12.8 Å². The van der Waals surface area contributed by atoms with E-state index in [0.717, 1.165) is 23.3 Å². The summed E-state index contributed by atoms with van der Waals surface area (Å²) >= 11 is 1.70. The molecular weight excluding hydrogens is 236 g/mol. The van der Waals surface area contributed by atoms with Crippen LogP contribution in [0.1, 0.15) is 38.6 Å². The second kappa shape index (κ2) is 5.84. The smallest absolute Gasteiger partial charge is 0.191 e. The molecule has 1 aliphatic rings. The van der Waals surface area contributed by atoms with Crippen molar-refractivity contribution in [3.05, 3.63) is 5.82 Å². The summed E-state index contributed by atoms with van der Waals surface area (Å²) in [6.45, 7) is 5.30. The molecule has 1 aromatic rings. The van der Waals surface area contributed by atoms with Crippen LogP contribution in [0.3, 0.4) is 0 Å². The van der Waals surface area contributed by atoms with E-state index in [-0.39, 0.29) is 6.10 Å². The first-order valence-corrected chi connectivity index (χ1v) is 7.09. The molecule has 17 heavy (non-hydrogen) atoms. The van der Waals surface area contributed by atoms with Crippen molar-refractivity contribution in [2.75, 3.05) is 12.4 Å². The van der Waals surface area contributed by atoms with Crippen LogP contribution in [0, 0.1) is 0 Å². The number of rotatable bonds is 7. The zero-order valence-electron chi connectivity index (χ0n) is 10.4. The Balaban J connectivity index is 1.89. The van der Waals surface area contributed by atoms with Gasteiger partial charge in [0.05, 0.1) is 19.3 Å². The second-order valence-electron chi connectivity index (χ2n) is 4.47. The highest BCUT2D eigenvalue weighted by atomic mass is 32.2. The van der Waals surface area contributed by atoms with E-state index in [9.17, 15) is 0 Å². The van der Waals surface area contributed by atoms with Gasteiger partial charge in [0.2, 0.25) is 0 Å². The summed E-state index contributed by atoms with van der Waals surface area (Å²) in [5.74, 6) is 1.81. The largest absolute Gasteiger partial charge is 0.378 e. The molecule has 2 N–H and O–H groups in total. The lowest BCUT2D eigenvalue weighted by Gasteiger charge is -2.08. The molecule has 5 nitrogen and oxygen atoms in total. The maximum Gasteiger partial charge on any atom is 0.191 e. The lowest BCUT2D eigenvalue weighted by atomic mass is 10.5. The van der Waals surface area contributed by atoms with Crippen molar-refractivity contribution in [1.82, 2.24) is 14.8 Å². The molecule has 0 aliphatic heterocycles. The van der Waals surface area contributed by atoms with Gasteiger partial charge in [0.1, 0.15) is 5.82 Å². The molecule has 0 aromatic carbocycles. The molecule has 1 heterocycles. The minimum atomic E-state index is 0.288. The van der Waals surface area contributed by atoms with Crippen molar-refractivity contribution in [2.24, 2.45) is 5.73 Å². The molecular formula is C11H20N4OS. The summed E-state index contributed by atoms with van der Waals surface area (Å²) in [6.07, 6.45) is 2.74. The Morgan fingerprint density at radius 3 is 2.82 bits per heavy atom. The summed E-state index contributed by atoms with van der Waals surface area (Å²) in [6, 6.07) is 0.581. The second-order valence-corrected chi connectivity index (χ2v) is 5.53. The van der Waals surface area contributed by atoms with Gasteiger partial charge in [-0.15, -0.1) is 10.2 Å². The Kier molecular flexibility index (Phi) is 4.42. The molecule has 1 saturated carbocycles. The van der Waals surface area contributed by atoms with Crippen molar-refractivity contribution in [1.29, 1.82) is 0 Å². The summed E-state index contributed by atoms with van der Waals surface area (Å²) in [4.78, 5) is 0. The van der Waals surface area contributed by atoms with Gasteiger partial charge in [0.15, 0.2) is 5.16 Å². The van der Waals surface area contributed by atoms with Gasteiger partial charge in [-0.3, -0.25) is 0 Å². The van der Waals surface area contributed by atoms with Crippen molar-refractivity contribution in [3.63, 3.8) is 0 Å². The maximum atomic E-state index is 5.67. The molecule has 0 bridgehead atoms. The van der Waals surface area contributed by atoms with E-state index in [1.807, 2.05) is 13.8 Å². The van der Waals surface area contributed by atoms with Crippen LogP contribution in [0.4, 0.5) is 0 Å². The van der Waals surface area contributed by atoms with Crippen molar-refractivity contribution >= 4 is 11.8 Å². The number of aromatic nitrogens is 3. The van der Waals surface area contributed by atoms with E-state index in [2.05, 4.69) is 14.8 Å². The predicted octanol–water partition coefficient (Wildman–Crippen LogP) is 1.59. The fraction of sp³-hybridized carbons (Fsp3) is 0.818. The SMILES string of the molecule is CC(C)OCCSc1nnc(CN)n1C1CC1. The van der Waals surface area contributed by atoms with Crippen LogP contribution < -0.4 is 5.73 Å². The first-order valence-electron chi connectivity index (χ1n) is 6.10. The molecule has 2 rings (SSSR count). The zero-order valence-corrected chi connectivity index (χ0v) is 11.2. The highest BCUT2D eigenvalue weighted by Gasteiger charge is 2.28. The fourth-order valence-electron chi connectivity index (χ4n) is 1.66. The molecule has 0 unspecified atom stereocenters. The molecule has 0 atom stereocenters. The minimum Gasteiger partial charge on any atom is -0.378 e. The van der Waals surface area contributed by atoms with Gasteiger partial charge in [-0.05, 0) is 26.7 Å². The average Bonchev–Trinajstić information content (AvgIpc) is 3.05. The number of hydrogen-bond donors (Lipinski definition) is 1. The number of hydrogen-bond acceptors (Lipinski definition) is 5. The fourth-order valence-corrected chi connectivity index (χ4v) is 2.52. The van der Waals surface area contributed by atoms with Crippen LogP contribution in [-0.4, -0.2) is 33.2 Å². The first kappa shape index (κ1) is 12.9. The Bertz CT molecular complexity index is 362. The number of nitrogens with two attached hydrogens (primary N) is 1. The Morgan fingerprint density at radius 2 is 2.24 bits per heavy atom. The maximum absolute atomic E-state index is 5.67. The van der Waals surface area contributed by atoms with Crippen molar-refractivity contribution in [3.8, 4) is 0 Å². The quantitative estimate of drug-likeness (QED) is 0.593. The third-order valence-electron chi connectivity index (χ3n) is 2.60. The first-order chi connectivity index (χ1) is 8.22. The monoisotopic (exact) mass is 256 g/mol. The third-order valence-corrected chi connectivity index (χ3v) is 3.50. The summed E-state index contributed by atoms with van der Waals surface area (Å²) in [5, 5.41) is 9.33. The summed E-state index contributed by atoms with van der Waals surface area (Å²) in [7, 11) is 0. The van der Waals surface area contributed by atoms with Gasteiger partial charge in [-0.1, -0.05) is 11.8 Å². The van der Waals surface area contributed by atoms with Crippen LogP contribution >= 0.6 is 11.8 Å². The number of ether oxygens (including phenoxy) is 1. The highest BCUT2D eigenvalue weighted by Crippen LogP contribution is 2.38. The van der Waals surface area contributed by atoms with Gasteiger partial charge in [0, 0.05) is 11.8 Å². The van der Waals surface area contributed by atoms with Crippen LogP contribution in [0.2, 0.25) is 0 Å². The molecule has 1 aromatic heterocycles. The Morgan fingerprint density at radius 1 is 1.47 bits per heavy atom. The van der Waals surface area contributed by atoms with Crippen LogP contribution in [0.15, 0.2) is 5.16 Å². The number of thioether (sulfide) groups is 1. The normalized spacial score (nSPS) is 15.8. The van der Waals surface area contributed by atoms with E-state index in [0.29, 0.717) is 12.6 Å². The highest BCUT2D eigenvalue weighted by molar-refractivity contribution is 7.99. The van der Waals surface area contributed by atoms with E-state index in [4.69, 9.17) is 10.5 Å². The predicted molar refractivity (Wildman–Crippen MR) is 68.0 cm³/mol. The van der Waals surface area contributed by atoms with Gasteiger partial charge in [-0.2, -0.15) is 0 Å². The van der Waals surface area contributed by atoms with Crippen LogP contribution in [-0.2, 0) is 11.3 Å². The average molecular weight is 256 g/mol. The Hall–Kier alpha value is -0.590. The van der Waals surface area contributed by atoms with Gasteiger partial charge in [0.25, 0.3) is 0 Å². The van der Waals surface area contributed by atoms with E-state index >= 15 is 0 Å². The van der Waals surface area contributed by atoms with E-state index < -0.39 is 0 Å².